The van der Waals surface area contributed by atoms with E-state index in [1.54, 1.807) is 24.6 Å². The first-order valence-corrected chi connectivity index (χ1v) is 13.4. The van der Waals surface area contributed by atoms with Gasteiger partial charge < -0.3 is 33.7 Å². The van der Waals surface area contributed by atoms with Crippen LogP contribution in [0.4, 0.5) is 0 Å². The number of fused-ring (bicyclic) bond motifs is 1. The number of hydrogen-bond donors (Lipinski definition) is 3. The summed E-state index contributed by atoms with van der Waals surface area (Å²) in [6.45, 7) is 3.09. The maximum absolute atomic E-state index is 12.0. The lowest BCUT2D eigenvalue weighted by atomic mass is 10.0. The Morgan fingerprint density at radius 1 is 1.27 bits per heavy atom. The Morgan fingerprint density at radius 2 is 2.00 bits per heavy atom. The highest BCUT2D eigenvalue weighted by atomic mass is 35.5. The Morgan fingerprint density at radius 3 is 2.70 bits per heavy atom. The summed E-state index contributed by atoms with van der Waals surface area (Å²) in [5, 5.41) is 22.1. The van der Waals surface area contributed by atoms with Gasteiger partial charge in [0.25, 0.3) is 0 Å². The molecule has 2 aromatic rings. The van der Waals surface area contributed by atoms with E-state index in [1.165, 1.54) is 25.7 Å². The van der Waals surface area contributed by atoms with E-state index in [0.717, 1.165) is 17.5 Å². The third kappa shape index (κ3) is 5.77. The quantitative estimate of drug-likeness (QED) is 0.348. The molecule has 0 spiro atoms. The molecular weight excluding hydrogens is 473 g/mol. The molecule has 2 fully saturated rings. The number of halogens is 1. The van der Waals surface area contributed by atoms with Crippen LogP contribution in [-0.2, 0) is 25.0 Å². The first-order valence-electron chi connectivity index (χ1n) is 11.3. The van der Waals surface area contributed by atoms with Gasteiger partial charge in [-0.05, 0) is 43.9 Å². The molecule has 10 nitrogen and oxygen atoms in total. The van der Waals surface area contributed by atoms with Gasteiger partial charge in [0.15, 0.2) is 6.23 Å². The molecule has 1 saturated heterocycles. The molecule has 2 aromatic heterocycles. The molecular formula is C21H31ClN3O7P. The van der Waals surface area contributed by atoms with Crippen molar-refractivity contribution in [3.63, 3.8) is 0 Å². The van der Waals surface area contributed by atoms with E-state index >= 15 is 0 Å². The Balaban J connectivity index is 1.48. The van der Waals surface area contributed by atoms with E-state index in [0.29, 0.717) is 11.6 Å². The molecule has 1 aliphatic heterocycles. The second-order valence-electron chi connectivity index (χ2n) is 9.09. The fourth-order valence-corrected chi connectivity index (χ4v) is 5.89. The van der Waals surface area contributed by atoms with Crippen LogP contribution in [0.3, 0.4) is 0 Å². The molecule has 0 bridgehead atoms. The van der Waals surface area contributed by atoms with Crippen molar-refractivity contribution in [2.45, 2.75) is 76.6 Å². The lowest BCUT2D eigenvalue weighted by Gasteiger charge is -2.18. The van der Waals surface area contributed by atoms with Crippen molar-refractivity contribution < 1.29 is 33.7 Å². The van der Waals surface area contributed by atoms with Crippen LogP contribution in [-0.4, -0.2) is 67.0 Å². The van der Waals surface area contributed by atoms with Crippen LogP contribution in [0, 0.1) is 5.92 Å². The summed E-state index contributed by atoms with van der Waals surface area (Å²) >= 11 is 6.22. The lowest BCUT2D eigenvalue weighted by molar-refractivity contribution is -0.0615. The predicted octanol–water partition coefficient (Wildman–Crippen LogP) is 3.02. The third-order valence-corrected chi connectivity index (χ3v) is 7.53. The Hall–Kier alpha value is -1.10. The van der Waals surface area contributed by atoms with Gasteiger partial charge in [-0.15, -0.1) is 0 Å². The van der Waals surface area contributed by atoms with Crippen LogP contribution in [0.2, 0.25) is 5.28 Å². The van der Waals surface area contributed by atoms with Crippen molar-refractivity contribution in [1.29, 1.82) is 0 Å². The van der Waals surface area contributed by atoms with Gasteiger partial charge in [-0.3, -0.25) is 4.57 Å². The molecule has 0 radical (unpaired) electrons. The van der Waals surface area contributed by atoms with Crippen LogP contribution >= 0.6 is 19.2 Å². The smallest absolute Gasteiger partial charge is 0.353 e. The van der Waals surface area contributed by atoms with Crippen molar-refractivity contribution in [3.05, 3.63) is 23.2 Å². The standard InChI is InChI=1S/C21H31ClN3O7P/c1-12(2)32-33(28,29)11-30-10-16-17(26)18(27)20(31-16)25-8-7-14-15(9-13-5-3-4-6-13)23-21(22)24-19(14)25/h7-8,12-13,16-18,20,26-27H,3-6,9-11H2,1-2H3,(H,28,29)/t16-,17-,18-,20-/m1/s1. The van der Waals surface area contributed by atoms with Crippen molar-refractivity contribution >= 4 is 30.2 Å². The fraction of sp³-hybridized carbons (Fsp3) is 0.714. The van der Waals surface area contributed by atoms with E-state index in [2.05, 4.69) is 9.97 Å². The highest BCUT2D eigenvalue weighted by Gasteiger charge is 2.44. The number of aliphatic hydroxyl groups is 2. The van der Waals surface area contributed by atoms with Gasteiger partial charge in [-0.2, -0.15) is 4.98 Å². The summed E-state index contributed by atoms with van der Waals surface area (Å²) in [4.78, 5) is 18.6. The molecule has 0 aromatic carbocycles. The second-order valence-corrected chi connectivity index (χ2v) is 11.2. The molecule has 3 N–H and O–H groups in total. The number of hydrogen-bond acceptors (Lipinski definition) is 8. The van der Waals surface area contributed by atoms with Crippen LogP contribution in [0.15, 0.2) is 12.3 Å². The zero-order valence-corrected chi connectivity index (χ0v) is 20.4. The van der Waals surface area contributed by atoms with Crippen LogP contribution in [0.5, 0.6) is 0 Å². The zero-order valence-electron chi connectivity index (χ0n) is 18.7. The van der Waals surface area contributed by atoms with Gasteiger partial charge in [0.2, 0.25) is 5.28 Å². The van der Waals surface area contributed by atoms with Crippen LogP contribution in [0.25, 0.3) is 11.0 Å². The Labute approximate surface area is 197 Å². The van der Waals surface area contributed by atoms with Crippen LogP contribution < -0.4 is 0 Å². The third-order valence-electron chi connectivity index (χ3n) is 6.10. The van der Waals surface area contributed by atoms with Crippen molar-refractivity contribution in [2.24, 2.45) is 5.92 Å². The number of aliphatic hydroxyl groups excluding tert-OH is 2. The summed E-state index contributed by atoms with van der Waals surface area (Å²) in [5.41, 5.74) is 1.39. The maximum atomic E-state index is 12.0. The predicted molar refractivity (Wildman–Crippen MR) is 121 cm³/mol. The van der Waals surface area contributed by atoms with E-state index < -0.39 is 44.6 Å². The fourth-order valence-electron chi connectivity index (χ4n) is 4.66. The molecule has 3 heterocycles. The molecule has 184 valence electrons. The van der Waals surface area contributed by atoms with Crippen LogP contribution in [0.1, 0.15) is 51.5 Å². The minimum Gasteiger partial charge on any atom is -0.387 e. The van der Waals surface area contributed by atoms with Crippen molar-refractivity contribution in [1.82, 2.24) is 14.5 Å². The van der Waals surface area contributed by atoms with Gasteiger partial charge >= 0.3 is 7.60 Å². The first-order chi connectivity index (χ1) is 15.6. The molecule has 1 aliphatic carbocycles. The minimum absolute atomic E-state index is 0.118. The summed E-state index contributed by atoms with van der Waals surface area (Å²) in [5.74, 6) is 0.571. The first kappa shape index (κ1) is 25.0. The van der Waals surface area contributed by atoms with E-state index in [1.807, 2.05) is 6.07 Å². The SMILES string of the molecule is CC(C)OP(=O)(O)COC[C@H]1O[C@@H](n2ccc3c(CC4CCCC4)nc(Cl)nc32)[C@H](O)[C@@H]1O. The molecule has 1 unspecified atom stereocenters. The van der Waals surface area contributed by atoms with Gasteiger partial charge in [-0.1, -0.05) is 25.7 Å². The largest absolute Gasteiger partial charge is 0.387 e. The highest BCUT2D eigenvalue weighted by Crippen LogP contribution is 2.43. The van der Waals surface area contributed by atoms with E-state index in [9.17, 15) is 19.7 Å². The van der Waals surface area contributed by atoms with Crippen molar-refractivity contribution in [2.75, 3.05) is 13.0 Å². The normalized spacial score (nSPS) is 28.2. The number of ether oxygens (including phenoxy) is 2. The summed E-state index contributed by atoms with van der Waals surface area (Å²) in [6.07, 6.45) is 2.03. The minimum atomic E-state index is -3.92. The van der Waals surface area contributed by atoms with Crippen molar-refractivity contribution in [3.8, 4) is 0 Å². The van der Waals surface area contributed by atoms with Gasteiger partial charge in [0.05, 0.1) is 18.4 Å². The van der Waals surface area contributed by atoms with Gasteiger partial charge in [-0.25, -0.2) is 4.98 Å². The topological polar surface area (TPSA) is 136 Å². The van der Waals surface area contributed by atoms with E-state index in [4.69, 9.17) is 25.6 Å². The molecule has 12 heteroatoms. The highest BCUT2D eigenvalue weighted by molar-refractivity contribution is 7.52. The number of rotatable bonds is 9. The maximum Gasteiger partial charge on any atom is 0.353 e. The summed E-state index contributed by atoms with van der Waals surface area (Å²) < 4.78 is 29.7. The Kier molecular flexibility index (Phi) is 7.77. The Bertz CT molecular complexity index is 1010. The summed E-state index contributed by atoms with van der Waals surface area (Å²) in [6, 6.07) is 1.87. The molecule has 0 amide bonds. The van der Waals surface area contributed by atoms with Gasteiger partial charge in [0, 0.05) is 11.6 Å². The average Bonchev–Trinajstić information content (AvgIpc) is 3.43. The molecule has 33 heavy (non-hydrogen) atoms. The molecule has 4 rings (SSSR count). The van der Waals surface area contributed by atoms with Gasteiger partial charge in [0.1, 0.15) is 30.3 Å². The number of aromatic nitrogens is 3. The summed E-state index contributed by atoms with van der Waals surface area (Å²) in [7, 11) is -3.92. The number of nitrogens with zero attached hydrogens (tertiary/aromatic N) is 3. The molecule has 2 aliphatic rings. The molecule has 5 atom stereocenters. The average molecular weight is 504 g/mol. The second kappa shape index (κ2) is 10.3. The zero-order chi connectivity index (χ0) is 23.8. The lowest BCUT2D eigenvalue weighted by Crippen LogP contribution is -2.34. The molecule has 1 saturated carbocycles. The van der Waals surface area contributed by atoms with E-state index in [-0.39, 0.29) is 11.9 Å². The monoisotopic (exact) mass is 503 g/mol.